The number of hydrogen-bond donors (Lipinski definition) is 1. The zero-order chi connectivity index (χ0) is 17.5. The molecule has 1 aromatic carbocycles. The van der Waals surface area contributed by atoms with Crippen molar-refractivity contribution < 1.29 is 9.53 Å². The number of unbranched alkanes of at least 4 members (excludes halogenated alkanes) is 1. The molecule has 1 aromatic heterocycles. The summed E-state index contributed by atoms with van der Waals surface area (Å²) < 4.78 is 5.85. The third-order valence-corrected chi connectivity index (χ3v) is 4.59. The van der Waals surface area contributed by atoms with Crippen LogP contribution in [0.1, 0.15) is 38.2 Å². The highest BCUT2D eigenvalue weighted by atomic mass is 16.5. The molecule has 4 nitrogen and oxygen atoms in total. The Balaban J connectivity index is 1.60. The molecule has 0 spiro atoms. The van der Waals surface area contributed by atoms with Crippen molar-refractivity contribution in [3.05, 3.63) is 48.3 Å². The number of carbonyl (C=O) groups is 1. The monoisotopic (exact) mass is 338 g/mol. The Bertz CT molecular complexity index is 711. The van der Waals surface area contributed by atoms with E-state index in [9.17, 15) is 4.79 Å². The van der Waals surface area contributed by atoms with Gasteiger partial charge < -0.3 is 14.8 Å². The zero-order valence-corrected chi connectivity index (χ0v) is 14.8. The normalized spacial score (nSPS) is 16.3. The molecule has 2 aromatic rings. The molecule has 1 aliphatic heterocycles. The van der Waals surface area contributed by atoms with E-state index >= 15 is 0 Å². The first-order chi connectivity index (χ1) is 12.2. The van der Waals surface area contributed by atoms with Crippen molar-refractivity contribution >= 4 is 5.78 Å². The molecule has 0 bridgehead atoms. The smallest absolute Gasteiger partial charge is 0.138 e. The fraction of sp³-hybridized carbons (Fsp3) is 0.429. The van der Waals surface area contributed by atoms with E-state index in [1.54, 1.807) is 13.1 Å². The summed E-state index contributed by atoms with van der Waals surface area (Å²) in [4.78, 5) is 15.3. The summed E-state index contributed by atoms with van der Waals surface area (Å²) in [6.45, 7) is 3.44. The molecule has 0 unspecified atom stereocenters. The van der Waals surface area contributed by atoms with Crippen LogP contribution in [-0.4, -0.2) is 30.0 Å². The van der Waals surface area contributed by atoms with Gasteiger partial charge in [0, 0.05) is 24.2 Å². The summed E-state index contributed by atoms with van der Waals surface area (Å²) in [6, 6.07) is 11.1. The van der Waals surface area contributed by atoms with Gasteiger partial charge in [0.25, 0.3) is 0 Å². The van der Waals surface area contributed by atoms with Crippen LogP contribution in [0.3, 0.4) is 0 Å². The molecule has 0 saturated carbocycles. The highest BCUT2D eigenvalue weighted by Crippen LogP contribution is 2.24. The van der Waals surface area contributed by atoms with Gasteiger partial charge in [-0.15, -0.1) is 0 Å². The molecule has 1 atom stereocenters. The summed E-state index contributed by atoms with van der Waals surface area (Å²) in [5, 5.41) is 3.33. The Morgan fingerprint density at radius 1 is 1.24 bits per heavy atom. The number of nitrogens with zero attached hydrogens (tertiary/aromatic N) is 1. The molecule has 1 aliphatic rings. The average molecular weight is 338 g/mol. The first kappa shape index (κ1) is 17.6. The number of nitrogens with one attached hydrogen (secondary N) is 1. The maximum Gasteiger partial charge on any atom is 0.138 e. The van der Waals surface area contributed by atoms with Crippen LogP contribution in [0.25, 0.3) is 11.1 Å². The summed E-state index contributed by atoms with van der Waals surface area (Å²) in [7, 11) is 0. The van der Waals surface area contributed by atoms with Crippen LogP contribution < -0.4 is 10.1 Å². The number of ether oxygens (including phenoxy) is 1. The van der Waals surface area contributed by atoms with Crippen LogP contribution in [0, 0.1) is 0 Å². The third kappa shape index (κ3) is 5.40. The van der Waals surface area contributed by atoms with Crippen molar-refractivity contribution in [2.75, 3.05) is 13.2 Å². The fourth-order valence-electron chi connectivity index (χ4n) is 2.95. The van der Waals surface area contributed by atoms with E-state index in [0.717, 1.165) is 42.7 Å². The standard InChI is InChI=1S/C21H26N2O2/c1-16(24)5-2-3-6-17-7-4-8-18(11-17)19-12-21(14-22-13-19)25-15-20-9-10-23-20/h4,7-8,11-14,20,23H,2-3,5-6,9-10,15H2,1H3/t20-/m0/s1. The second-order valence-electron chi connectivity index (χ2n) is 6.77. The fourth-order valence-corrected chi connectivity index (χ4v) is 2.95. The van der Waals surface area contributed by atoms with Gasteiger partial charge in [-0.3, -0.25) is 4.98 Å². The van der Waals surface area contributed by atoms with Crippen LogP contribution >= 0.6 is 0 Å². The van der Waals surface area contributed by atoms with Gasteiger partial charge in [-0.05, 0) is 56.3 Å². The molecular weight excluding hydrogens is 312 g/mol. The third-order valence-electron chi connectivity index (χ3n) is 4.59. The first-order valence-corrected chi connectivity index (χ1v) is 9.11. The predicted octanol–water partition coefficient (Wildman–Crippen LogP) is 3.79. The number of carbonyl (C=O) groups excluding carboxylic acids is 1. The number of hydrogen-bond acceptors (Lipinski definition) is 4. The van der Waals surface area contributed by atoms with E-state index in [0.29, 0.717) is 19.1 Å². The molecule has 1 fully saturated rings. The van der Waals surface area contributed by atoms with E-state index in [1.165, 1.54) is 12.0 Å². The topological polar surface area (TPSA) is 51.2 Å². The maximum absolute atomic E-state index is 11.0. The Labute approximate surface area is 149 Å². The van der Waals surface area contributed by atoms with Gasteiger partial charge in [-0.2, -0.15) is 0 Å². The molecule has 0 amide bonds. The number of rotatable bonds is 9. The van der Waals surface area contributed by atoms with Crippen LogP contribution in [-0.2, 0) is 11.2 Å². The average Bonchev–Trinajstić information content (AvgIpc) is 2.58. The van der Waals surface area contributed by atoms with Crippen LogP contribution in [0.2, 0.25) is 0 Å². The molecule has 1 saturated heterocycles. The van der Waals surface area contributed by atoms with Crippen molar-refractivity contribution in [3.63, 3.8) is 0 Å². The second-order valence-corrected chi connectivity index (χ2v) is 6.77. The highest BCUT2D eigenvalue weighted by molar-refractivity contribution is 5.75. The Morgan fingerprint density at radius 3 is 2.88 bits per heavy atom. The van der Waals surface area contributed by atoms with Gasteiger partial charge >= 0.3 is 0 Å². The summed E-state index contributed by atoms with van der Waals surface area (Å²) >= 11 is 0. The minimum atomic E-state index is 0.272. The number of aromatic nitrogens is 1. The molecule has 3 rings (SSSR count). The van der Waals surface area contributed by atoms with Gasteiger partial charge in [0.1, 0.15) is 18.1 Å². The summed E-state index contributed by atoms with van der Waals surface area (Å²) in [5.41, 5.74) is 3.53. The molecule has 1 N–H and O–H groups in total. The number of ketones is 1. The van der Waals surface area contributed by atoms with E-state index in [-0.39, 0.29) is 5.78 Å². The minimum absolute atomic E-state index is 0.272. The minimum Gasteiger partial charge on any atom is -0.490 e. The Morgan fingerprint density at radius 2 is 2.12 bits per heavy atom. The van der Waals surface area contributed by atoms with Crippen molar-refractivity contribution in [1.82, 2.24) is 10.3 Å². The van der Waals surface area contributed by atoms with Gasteiger partial charge in [0.2, 0.25) is 0 Å². The molecule has 4 heteroatoms. The molecule has 132 valence electrons. The second kappa shape index (κ2) is 8.77. The van der Waals surface area contributed by atoms with E-state index in [1.807, 2.05) is 6.20 Å². The van der Waals surface area contributed by atoms with Gasteiger partial charge in [0.05, 0.1) is 6.20 Å². The lowest BCUT2D eigenvalue weighted by molar-refractivity contribution is -0.117. The van der Waals surface area contributed by atoms with Crippen LogP contribution in [0.5, 0.6) is 5.75 Å². The van der Waals surface area contributed by atoms with Crippen LogP contribution in [0.15, 0.2) is 42.7 Å². The molecule has 0 radical (unpaired) electrons. The summed E-state index contributed by atoms with van der Waals surface area (Å²) in [6.07, 6.45) is 8.51. The lowest BCUT2D eigenvalue weighted by Crippen LogP contribution is -2.46. The zero-order valence-electron chi connectivity index (χ0n) is 14.8. The van der Waals surface area contributed by atoms with E-state index < -0.39 is 0 Å². The predicted molar refractivity (Wildman–Crippen MR) is 99.8 cm³/mol. The summed E-state index contributed by atoms with van der Waals surface area (Å²) in [5.74, 6) is 1.09. The molecule has 0 aliphatic carbocycles. The van der Waals surface area contributed by atoms with Crippen molar-refractivity contribution in [1.29, 1.82) is 0 Å². The lowest BCUT2D eigenvalue weighted by atomic mass is 10.0. The number of Topliss-reactive ketones (excluding diaryl/α,β-unsaturated/α-hetero) is 1. The van der Waals surface area contributed by atoms with Gasteiger partial charge in [0.15, 0.2) is 0 Å². The number of aryl methyl sites for hydroxylation is 1. The molecule has 25 heavy (non-hydrogen) atoms. The molecule has 2 heterocycles. The van der Waals surface area contributed by atoms with Crippen LogP contribution in [0.4, 0.5) is 0 Å². The Kier molecular flexibility index (Phi) is 6.18. The van der Waals surface area contributed by atoms with Gasteiger partial charge in [-0.1, -0.05) is 24.3 Å². The SMILES string of the molecule is CC(=O)CCCCc1cccc(-c2cncc(OC[C@@H]3CCN3)c2)c1. The van der Waals surface area contributed by atoms with Gasteiger partial charge in [-0.25, -0.2) is 0 Å². The van der Waals surface area contributed by atoms with Crippen molar-refractivity contribution in [3.8, 4) is 16.9 Å². The van der Waals surface area contributed by atoms with E-state index in [4.69, 9.17) is 4.74 Å². The maximum atomic E-state index is 11.0. The highest BCUT2D eigenvalue weighted by Gasteiger charge is 2.16. The number of pyridine rings is 1. The number of benzene rings is 1. The van der Waals surface area contributed by atoms with Crippen molar-refractivity contribution in [2.45, 2.75) is 45.1 Å². The quantitative estimate of drug-likeness (QED) is 0.707. The van der Waals surface area contributed by atoms with Crippen molar-refractivity contribution in [2.24, 2.45) is 0 Å². The van der Waals surface area contributed by atoms with E-state index in [2.05, 4.69) is 40.6 Å². The first-order valence-electron chi connectivity index (χ1n) is 9.11. The largest absolute Gasteiger partial charge is 0.490 e. The Hall–Kier alpha value is -2.20. The molecular formula is C21H26N2O2. The lowest BCUT2D eigenvalue weighted by Gasteiger charge is -2.27.